The highest BCUT2D eigenvalue weighted by atomic mass is 32.2. The maximum atomic E-state index is 11.1. The second kappa shape index (κ2) is 6.70. The van der Waals surface area contributed by atoms with Gasteiger partial charge in [0.2, 0.25) is 0 Å². The summed E-state index contributed by atoms with van der Waals surface area (Å²) >= 11 is 1.80. The van der Waals surface area contributed by atoms with Crippen molar-refractivity contribution in [2.75, 3.05) is 0 Å². The largest absolute Gasteiger partial charge is 0.478 e. The first kappa shape index (κ1) is 18.1. The molecule has 1 aromatic carbocycles. The van der Waals surface area contributed by atoms with Crippen molar-refractivity contribution >= 4 is 17.9 Å². The number of hydrogen-bond donors (Lipinski definition) is 1. The van der Waals surface area contributed by atoms with Gasteiger partial charge in [-0.3, -0.25) is 0 Å². The fourth-order valence-electron chi connectivity index (χ4n) is 3.88. The topological polar surface area (TPSA) is 40.5 Å². The number of nitrogens with zero attached hydrogens (tertiary/aromatic N) is 1. The molecule has 23 heavy (non-hydrogen) atoms. The predicted octanol–water partition coefficient (Wildman–Crippen LogP) is 4.99. The van der Waals surface area contributed by atoms with E-state index < -0.39 is 5.97 Å². The Bertz CT molecular complexity index is 562. The zero-order valence-electron chi connectivity index (χ0n) is 14.5. The molecule has 1 N–H and O–H groups in total. The van der Waals surface area contributed by atoms with E-state index in [4.69, 9.17) is 5.11 Å². The summed E-state index contributed by atoms with van der Waals surface area (Å²) in [7, 11) is 0. The van der Waals surface area contributed by atoms with Gasteiger partial charge in [0.25, 0.3) is 0 Å². The number of rotatable bonds is 5. The third-order valence-corrected chi connectivity index (χ3v) is 6.11. The molecule has 0 spiro atoms. The third-order valence-electron chi connectivity index (χ3n) is 4.45. The van der Waals surface area contributed by atoms with Crippen LogP contribution in [0.5, 0.6) is 0 Å². The van der Waals surface area contributed by atoms with Gasteiger partial charge < -0.3 is 5.11 Å². The van der Waals surface area contributed by atoms with Crippen molar-refractivity contribution in [3.63, 3.8) is 0 Å². The lowest BCUT2D eigenvalue weighted by Gasteiger charge is -2.54. The minimum atomic E-state index is -0.873. The number of aliphatic carboxylic acids is 1. The normalized spacial score (nSPS) is 21.0. The Morgan fingerprint density at radius 3 is 2.22 bits per heavy atom. The van der Waals surface area contributed by atoms with Gasteiger partial charge in [0.1, 0.15) is 0 Å². The first-order valence-electron chi connectivity index (χ1n) is 8.06. The Kier molecular flexibility index (Phi) is 5.27. The van der Waals surface area contributed by atoms with E-state index in [1.165, 1.54) is 4.90 Å². The Hall–Kier alpha value is -1.26. The molecule has 0 aliphatic carbocycles. The van der Waals surface area contributed by atoms with E-state index in [1.807, 2.05) is 6.07 Å². The smallest absolute Gasteiger partial charge is 0.330 e. The number of hydrogen-bond acceptors (Lipinski definition) is 3. The lowest BCUT2D eigenvalue weighted by molar-refractivity contribution is -0.133. The number of carboxylic acids is 1. The summed E-state index contributed by atoms with van der Waals surface area (Å²) in [6.45, 7) is 12.7. The van der Waals surface area contributed by atoms with Gasteiger partial charge in [-0.15, -0.1) is 0 Å². The van der Waals surface area contributed by atoms with Crippen LogP contribution in [0.1, 0.15) is 47.0 Å². The quantitative estimate of drug-likeness (QED) is 0.608. The summed E-state index contributed by atoms with van der Waals surface area (Å²) in [6, 6.07) is 10.4. The lowest BCUT2D eigenvalue weighted by atomic mass is 9.73. The van der Waals surface area contributed by atoms with Crippen molar-refractivity contribution in [3.8, 4) is 0 Å². The van der Waals surface area contributed by atoms with Crippen molar-refractivity contribution < 1.29 is 9.90 Å². The monoisotopic (exact) mass is 333 g/mol. The van der Waals surface area contributed by atoms with Gasteiger partial charge in [-0.25, -0.2) is 9.10 Å². The average molecular weight is 333 g/mol. The van der Waals surface area contributed by atoms with Crippen LogP contribution in [0.4, 0.5) is 0 Å². The Morgan fingerprint density at radius 1 is 1.22 bits per heavy atom. The molecular formula is C19H27NO2S. The number of carboxylic acid groups (broad SMARTS) is 1. The van der Waals surface area contributed by atoms with Gasteiger partial charge in [0, 0.05) is 21.5 Å². The molecular weight excluding hydrogens is 306 g/mol. The van der Waals surface area contributed by atoms with Crippen molar-refractivity contribution in [3.05, 3.63) is 42.5 Å². The zero-order chi connectivity index (χ0) is 17.3. The highest BCUT2D eigenvalue weighted by molar-refractivity contribution is 7.97. The zero-order valence-corrected chi connectivity index (χ0v) is 15.3. The van der Waals surface area contributed by atoms with Crippen LogP contribution in [0.2, 0.25) is 0 Å². The second-order valence-electron chi connectivity index (χ2n) is 7.71. The summed E-state index contributed by atoms with van der Waals surface area (Å²) in [5.41, 5.74) is 0.308. The standard InChI is InChI=1S/C19H27NO2S/c1-14(17(21)22)11-15-12-18(2,3)20(19(4,5)13-15)23-16-9-7-6-8-10-16/h6-10,15H,1,11-13H2,2-5H3,(H,21,22). The molecule has 4 heteroatoms. The minimum absolute atomic E-state index is 0.00823. The van der Waals surface area contributed by atoms with Crippen LogP contribution in [0.3, 0.4) is 0 Å². The van der Waals surface area contributed by atoms with Gasteiger partial charge in [-0.05, 0) is 77.0 Å². The molecule has 126 valence electrons. The van der Waals surface area contributed by atoms with Gasteiger partial charge in [-0.2, -0.15) is 0 Å². The van der Waals surface area contributed by atoms with Crippen LogP contribution in [0, 0.1) is 5.92 Å². The number of piperidine rings is 1. The molecule has 1 aromatic rings. The van der Waals surface area contributed by atoms with E-state index >= 15 is 0 Å². The van der Waals surface area contributed by atoms with Gasteiger partial charge in [-0.1, -0.05) is 24.8 Å². The summed E-state index contributed by atoms with van der Waals surface area (Å²) in [6.07, 6.45) is 2.52. The molecule has 0 bridgehead atoms. The second-order valence-corrected chi connectivity index (χ2v) is 8.73. The minimum Gasteiger partial charge on any atom is -0.478 e. The first-order chi connectivity index (χ1) is 10.6. The SMILES string of the molecule is C=C(CC1CC(C)(C)N(Sc2ccccc2)C(C)(C)C1)C(=O)O. The van der Waals surface area contributed by atoms with E-state index in [9.17, 15) is 4.79 Å². The maximum absolute atomic E-state index is 11.1. The average Bonchev–Trinajstić information content (AvgIpc) is 2.43. The molecule has 2 rings (SSSR count). The number of benzene rings is 1. The molecule has 1 aliphatic rings. The fraction of sp³-hybridized carbons (Fsp3) is 0.526. The van der Waals surface area contributed by atoms with Crippen LogP contribution in [-0.4, -0.2) is 26.5 Å². The molecule has 0 radical (unpaired) electrons. The van der Waals surface area contributed by atoms with Crippen LogP contribution in [0.25, 0.3) is 0 Å². The number of carbonyl (C=O) groups is 1. The lowest BCUT2D eigenvalue weighted by Crippen LogP contribution is -2.57. The molecule has 0 unspecified atom stereocenters. The Balaban J connectivity index is 2.16. The molecule has 0 saturated carbocycles. The first-order valence-corrected chi connectivity index (χ1v) is 8.83. The Morgan fingerprint density at radius 2 is 1.74 bits per heavy atom. The summed E-state index contributed by atoms with van der Waals surface area (Å²) in [5.74, 6) is -0.516. The van der Waals surface area contributed by atoms with E-state index in [0.717, 1.165) is 12.8 Å². The van der Waals surface area contributed by atoms with Crippen LogP contribution in [-0.2, 0) is 4.79 Å². The molecule has 0 aromatic heterocycles. The maximum Gasteiger partial charge on any atom is 0.330 e. The molecule has 1 aliphatic heterocycles. The molecule has 0 atom stereocenters. The van der Waals surface area contributed by atoms with E-state index in [2.05, 4.69) is 62.8 Å². The summed E-state index contributed by atoms with van der Waals surface area (Å²) < 4.78 is 2.48. The van der Waals surface area contributed by atoms with Crippen molar-refractivity contribution in [2.45, 2.75) is 62.9 Å². The Labute approximate surface area is 143 Å². The summed E-state index contributed by atoms with van der Waals surface area (Å²) in [5, 5.41) is 9.11. The van der Waals surface area contributed by atoms with E-state index in [0.29, 0.717) is 17.9 Å². The fourth-order valence-corrected chi connectivity index (χ4v) is 5.02. The highest BCUT2D eigenvalue weighted by Gasteiger charge is 2.46. The molecule has 0 amide bonds. The molecule has 1 heterocycles. The van der Waals surface area contributed by atoms with Crippen LogP contribution < -0.4 is 0 Å². The third kappa shape index (κ3) is 4.39. The van der Waals surface area contributed by atoms with E-state index in [-0.39, 0.29) is 11.1 Å². The molecule has 3 nitrogen and oxygen atoms in total. The van der Waals surface area contributed by atoms with Gasteiger partial charge >= 0.3 is 5.97 Å². The van der Waals surface area contributed by atoms with Crippen LogP contribution >= 0.6 is 11.9 Å². The van der Waals surface area contributed by atoms with Gasteiger partial charge in [0.15, 0.2) is 0 Å². The van der Waals surface area contributed by atoms with E-state index in [1.54, 1.807) is 11.9 Å². The van der Waals surface area contributed by atoms with Crippen LogP contribution in [0.15, 0.2) is 47.4 Å². The van der Waals surface area contributed by atoms with Crippen molar-refractivity contribution in [1.82, 2.24) is 4.31 Å². The molecule has 1 saturated heterocycles. The summed E-state index contributed by atoms with van der Waals surface area (Å²) in [4.78, 5) is 12.3. The van der Waals surface area contributed by atoms with Crippen molar-refractivity contribution in [2.24, 2.45) is 5.92 Å². The van der Waals surface area contributed by atoms with Gasteiger partial charge in [0.05, 0.1) is 0 Å². The highest BCUT2D eigenvalue weighted by Crippen LogP contribution is 2.48. The molecule has 1 fully saturated rings. The van der Waals surface area contributed by atoms with Crippen molar-refractivity contribution in [1.29, 1.82) is 0 Å². The predicted molar refractivity (Wildman–Crippen MR) is 96.4 cm³/mol.